The Balaban J connectivity index is 2.16. The molecule has 0 aliphatic carbocycles. The Labute approximate surface area is 94.7 Å². The van der Waals surface area contributed by atoms with E-state index in [1.54, 1.807) is 0 Å². The molecule has 16 heavy (non-hydrogen) atoms. The second-order valence-electron chi connectivity index (χ2n) is 3.97. The van der Waals surface area contributed by atoms with Gasteiger partial charge in [0.1, 0.15) is 5.75 Å². The van der Waals surface area contributed by atoms with Crippen molar-refractivity contribution in [2.24, 2.45) is 0 Å². The second-order valence-corrected chi connectivity index (χ2v) is 3.97. The van der Waals surface area contributed by atoms with Crippen molar-refractivity contribution in [2.75, 3.05) is 12.3 Å². The van der Waals surface area contributed by atoms with Crippen LogP contribution in [0.3, 0.4) is 0 Å². The Morgan fingerprint density at radius 1 is 1.00 bits per heavy atom. The van der Waals surface area contributed by atoms with E-state index in [1.165, 1.54) is 0 Å². The van der Waals surface area contributed by atoms with Crippen LogP contribution in [0.25, 0.3) is 11.1 Å². The first-order chi connectivity index (χ1) is 7.86. The van der Waals surface area contributed by atoms with Crippen molar-refractivity contribution in [3.63, 3.8) is 0 Å². The van der Waals surface area contributed by atoms with E-state index in [2.05, 4.69) is 12.1 Å². The summed E-state index contributed by atoms with van der Waals surface area (Å²) in [6.07, 6.45) is 0.918. The van der Waals surface area contributed by atoms with Crippen LogP contribution in [-0.4, -0.2) is 6.61 Å². The SMILES string of the molecule is Nc1c(-c2ccccc2)ccc2c1CCO2. The lowest BCUT2D eigenvalue weighted by atomic mass is 9.99. The fourth-order valence-corrected chi connectivity index (χ4v) is 2.17. The van der Waals surface area contributed by atoms with Crippen LogP contribution in [0.15, 0.2) is 42.5 Å². The van der Waals surface area contributed by atoms with Gasteiger partial charge in [-0.15, -0.1) is 0 Å². The molecule has 0 fully saturated rings. The number of rotatable bonds is 1. The first-order valence-corrected chi connectivity index (χ1v) is 5.46. The highest BCUT2D eigenvalue weighted by Gasteiger charge is 2.17. The van der Waals surface area contributed by atoms with E-state index in [-0.39, 0.29) is 0 Å². The molecule has 0 amide bonds. The van der Waals surface area contributed by atoms with Gasteiger partial charge >= 0.3 is 0 Å². The van der Waals surface area contributed by atoms with Crippen LogP contribution in [-0.2, 0) is 6.42 Å². The predicted molar refractivity (Wildman–Crippen MR) is 65.5 cm³/mol. The van der Waals surface area contributed by atoms with Gasteiger partial charge in [-0.1, -0.05) is 30.3 Å². The standard InChI is InChI=1S/C14H13NO/c15-14-11(10-4-2-1-3-5-10)6-7-13-12(14)8-9-16-13/h1-7H,8-9,15H2. The number of hydrogen-bond donors (Lipinski definition) is 1. The number of benzene rings is 2. The number of fused-ring (bicyclic) bond motifs is 1. The summed E-state index contributed by atoms with van der Waals surface area (Å²) in [4.78, 5) is 0. The van der Waals surface area contributed by atoms with Crippen molar-refractivity contribution in [2.45, 2.75) is 6.42 Å². The van der Waals surface area contributed by atoms with Crippen LogP contribution in [0.4, 0.5) is 5.69 Å². The van der Waals surface area contributed by atoms with Crippen LogP contribution in [0.1, 0.15) is 5.56 Å². The molecule has 0 spiro atoms. The summed E-state index contributed by atoms with van der Waals surface area (Å²) in [6.45, 7) is 0.748. The minimum Gasteiger partial charge on any atom is -0.493 e. The largest absolute Gasteiger partial charge is 0.493 e. The summed E-state index contributed by atoms with van der Waals surface area (Å²) in [5.74, 6) is 0.942. The second kappa shape index (κ2) is 3.56. The Hall–Kier alpha value is -1.96. The summed E-state index contributed by atoms with van der Waals surface area (Å²) < 4.78 is 5.49. The van der Waals surface area contributed by atoms with Crippen LogP contribution < -0.4 is 10.5 Å². The molecule has 1 aliphatic rings. The molecule has 2 N–H and O–H groups in total. The molecule has 0 atom stereocenters. The Morgan fingerprint density at radius 2 is 1.81 bits per heavy atom. The van der Waals surface area contributed by atoms with E-state index in [1.807, 2.05) is 30.3 Å². The van der Waals surface area contributed by atoms with Crippen LogP contribution in [0, 0.1) is 0 Å². The van der Waals surface area contributed by atoms with E-state index in [9.17, 15) is 0 Å². The smallest absolute Gasteiger partial charge is 0.124 e. The van der Waals surface area contributed by atoms with Gasteiger partial charge < -0.3 is 10.5 Å². The highest BCUT2D eigenvalue weighted by Crippen LogP contribution is 2.37. The van der Waals surface area contributed by atoms with Crippen molar-refractivity contribution in [1.82, 2.24) is 0 Å². The van der Waals surface area contributed by atoms with Crippen LogP contribution in [0.2, 0.25) is 0 Å². The summed E-state index contributed by atoms with van der Waals surface area (Å²) in [5, 5.41) is 0. The maximum atomic E-state index is 6.19. The van der Waals surface area contributed by atoms with Gasteiger partial charge in [0.2, 0.25) is 0 Å². The summed E-state index contributed by atoms with van der Waals surface area (Å²) >= 11 is 0. The zero-order valence-electron chi connectivity index (χ0n) is 8.94. The average molecular weight is 211 g/mol. The van der Waals surface area contributed by atoms with Gasteiger partial charge in [0.15, 0.2) is 0 Å². The molecule has 0 saturated carbocycles. The molecule has 0 bridgehead atoms. The van der Waals surface area contributed by atoms with E-state index in [0.29, 0.717) is 0 Å². The molecule has 0 saturated heterocycles. The normalized spacial score (nSPS) is 13.2. The molecule has 0 aromatic heterocycles. The molecule has 2 aromatic rings. The molecule has 80 valence electrons. The lowest BCUT2D eigenvalue weighted by molar-refractivity contribution is 0.357. The molecule has 2 nitrogen and oxygen atoms in total. The highest BCUT2D eigenvalue weighted by molar-refractivity contribution is 5.80. The van der Waals surface area contributed by atoms with Crippen molar-refractivity contribution in [3.8, 4) is 16.9 Å². The molecule has 0 unspecified atom stereocenters. The molecular formula is C14H13NO. The Morgan fingerprint density at radius 3 is 2.62 bits per heavy atom. The van der Waals surface area contributed by atoms with E-state index in [4.69, 9.17) is 10.5 Å². The number of ether oxygens (including phenoxy) is 1. The van der Waals surface area contributed by atoms with Crippen molar-refractivity contribution < 1.29 is 4.74 Å². The van der Waals surface area contributed by atoms with Crippen molar-refractivity contribution in [1.29, 1.82) is 0 Å². The van der Waals surface area contributed by atoms with Crippen LogP contribution >= 0.6 is 0 Å². The van der Waals surface area contributed by atoms with E-state index < -0.39 is 0 Å². The van der Waals surface area contributed by atoms with Crippen LogP contribution in [0.5, 0.6) is 5.75 Å². The van der Waals surface area contributed by atoms with Crippen molar-refractivity contribution in [3.05, 3.63) is 48.0 Å². The van der Waals surface area contributed by atoms with E-state index >= 15 is 0 Å². The number of hydrogen-bond acceptors (Lipinski definition) is 2. The molecule has 1 aliphatic heterocycles. The first kappa shape index (κ1) is 9.28. The zero-order valence-corrected chi connectivity index (χ0v) is 8.94. The lowest BCUT2D eigenvalue weighted by Crippen LogP contribution is -1.95. The Bertz CT molecular complexity index is 520. The topological polar surface area (TPSA) is 35.2 Å². The molecular weight excluding hydrogens is 198 g/mol. The van der Waals surface area contributed by atoms with Gasteiger partial charge in [-0.25, -0.2) is 0 Å². The summed E-state index contributed by atoms with van der Waals surface area (Å²) in [5.41, 5.74) is 10.5. The van der Waals surface area contributed by atoms with Gasteiger partial charge in [-0.3, -0.25) is 0 Å². The molecule has 2 heteroatoms. The average Bonchev–Trinajstić information content (AvgIpc) is 2.80. The monoisotopic (exact) mass is 211 g/mol. The minimum absolute atomic E-state index is 0.748. The molecule has 1 heterocycles. The molecule has 3 rings (SSSR count). The molecule has 2 aromatic carbocycles. The number of nitrogen functional groups attached to an aromatic ring is 1. The lowest BCUT2D eigenvalue weighted by Gasteiger charge is -2.09. The van der Waals surface area contributed by atoms with Gasteiger partial charge in [0, 0.05) is 23.2 Å². The third-order valence-corrected chi connectivity index (χ3v) is 3.01. The van der Waals surface area contributed by atoms with Crippen molar-refractivity contribution >= 4 is 5.69 Å². The van der Waals surface area contributed by atoms with Gasteiger partial charge in [-0.2, -0.15) is 0 Å². The third kappa shape index (κ3) is 1.34. The summed E-state index contributed by atoms with van der Waals surface area (Å²) in [6, 6.07) is 14.3. The number of anilines is 1. The quantitative estimate of drug-likeness (QED) is 0.736. The van der Waals surface area contributed by atoms with Gasteiger partial charge in [0.25, 0.3) is 0 Å². The predicted octanol–water partition coefficient (Wildman–Crippen LogP) is 2.87. The molecule has 0 radical (unpaired) electrons. The van der Waals surface area contributed by atoms with Gasteiger partial charge in [-0.05, 0) is 17.7 Å². The minimum atomic E-state index is 0.748. The third-order valence-electron chi connectivity index (χ3n) is 3.01. The van der Waals surface area contributed by atoms with Gasteiger partial charge in [0.05, 0.1) is 6.61 Å². The fourth-order valence-electron chi connectivity index (χ4n) is 2.17. The summed E-state index contributed by atoms with van der Waals surface area (Å²) in [7, 11) is 0. The first-order valence-electron chi connectivity index (χ1n) is 5.46. The Kier molecular flexibility index (Phi) is 2.07. The zero-order chi connectivity index (χ0) is 11.0. The fraction of sp³-hybridized carbons (Fsp3) is 0.143. The number of nitrogens with two attached hydrogens (primary N) is 1. The van der Waals surface area contributed by atoms with E-state index in [0.717, 1.165) is 41.2 Å². The highest BCUT2D eigenvalue weighted by atomic mass is 16.5. The maximum absolute atomic E-state index is 6.19. The maximum Gasteiger partial charge on any atom is 0.124 e.